The molecule has 0 spiro atoms. The molecule has 0 bridgehead atoms. The van der Waals surface area contributed by atoms with Crippen LogP contribution in [0, 0.1) is 16.2 Å². The van der Waals surface area contributed by atoms with Crippen LogP contribution in [0.2, 0.25) is 0 Å². The van der Waals surface area contributed by atoms with E-state index in [-0.39, 0.29) is 38.9 Å². The predicted octanol–water partition coefficient (Wildman–Crippen LogP) is -1.62. The van der Waals surface area contributed by atoms with Gasteiger partial charge in [0.1, 0.15) is 54.6 Å². The van der Waals surface area contributed by atoms with Crippen LogP contribution in [0.25, 0.3) is 0 Å². The van der Waals surface area contributed by atoms with Gasteiger partial charge in [0.25, 0.3) is 5.91 Å². The number of carbonyl (C=O) groups is 18. The number of esters is 4. The van der Waals surface area contributed by atoms with E-state index in [4.69, 9.17) is 44.8 Å². The smallest absolute Gasteiger partial charge is 0.410 e. The van der Waals surface area contributed by atoms with E-state index in [0.717, 1.165) is 64.9 Å². The zero-order valence-electron chi connectivity index (χ0n) is 71.4. The van der Waals surface area contributed by atoms with Crippen molar-refractivity contribution in [1.82, 2.24) is 74.0 Å². The van der Waals surface area contributed by atoms with E-state index in [1.54, 1.807) is 39.8 Å². The van der Waals surface area contributed by atoms with Gasteiger partial charge in [0.2, 0.25) is 73.5 Å². The average molecular weight is 1750 g/mol. The predicted molar refractivity (Wildman–Crippen MR) is 427 cm³/mol. The van der Waals surface area contributed by atoms with E-state index in [9.17, 15) is 97.5 Å². The minimum atomic E-state index is -2.95. The molecule has 1 heterocycles. The molecule has 1 aliphatic rings. The van der Waals surface area contributed by atoms with Crippen LogP contribution < -0.4 is 69.1 Å². The summed E-state index contributed by atoms with van der Waals surface area (Å²) in [6.07, 6.45) is -6.97. The standard InChI is InChI=1S/C76H127ClN14O30/c1-15-17-18-19-20-21-22-23-24-27-44(93)36-53(96)82-50-39-115-67(108)55(51(94)38-77)89-65(105)56(57(97)66(106)107)90-58(98)45(16-2)83-64(104)54(43(3)92)88-61(101)48(30-33-81-73(114)121-42-118-70(111)76(10,11)12)85-59(99)46(28-25-26-31-79-71(112)119-40-116-68(109)74(4,5)6)84-62(102)49(37-52(95)78-34-35-91(13)14)87-60(100)47(86-63(50)103)29-32-80-72(113)120-41-117-69(110)75(7,8)9/h16,43-44,46-51,54-57,92-94,97H,15,17-42H2,1-14H3,(H,78,95)(H,79,112)(H,80,113)(H,81,114)(H,82,96)(H,83,104)(H,84,102)(H,85,99)(H,86,103)(H,87,100)(H,88,101)(H,89,105)(H,90,98)(H,106,107)/b45-16+/t43-,44-,46-,47+,48-,49-,50-,51+,54-,55-,56-,57?/m0/s1. The van der Waals surface area contributed by atoms with Crippen molar-refractivity contribution in [3.63, 3.8) is 0 Å². The van der Waals surface area contributed by atoms with Gasteiger partial charge in [0.05, 0.1) is 53.3 Å². The zero-order chi connectivity index (χ0) is 91.9. The van der Waals surface area contributed by atoms with Gasteiger partial charge in [-0.05, 0) is 129 Å². The number of nitrogens with one attached hydrogen (secondary N) is 13. The molecule has 121 heavy (non-hydrogen) atoms. The van der Waals surface area contributed by atoms with Gasteiger partial charge in [-0.15, -0.1) is 11.6 Å². The van der Waals surface area contributed by atoms with Gasteiger partial charge < -0.3 is 133 Å². The Labute approximate surface area is 707 Å². The Morgan fingerprint density at radius 3 is 1.40 bits per heavy atom. The highest BCUT2D eigenvalue weighted by molar-refractivity contribution is 6.18. The lowest BCUT2D eigenvalue weighted by molar-refractivity contribution is -0.162. The molecule has 1 fully saturated rings. The first-order valence-corrected chi connectivity index (χ1v) is 40.3. The Morgan fingerprint density at radius 1 is 0.512 bits per heavy atom. The first kappa shape index (κ1) is 109. The number of nitrogens with zero attached hydrogens (tertiary/aromatic N) is 1. The number of aliphatic hydroxyl groups is 4. The van der Waals surface area contributed by atoms with Gasteiger partial charge in [-0.1, -0.05) is 70.8 Å². The fraction of sp³-hybridized carbons (Fsp3) is 0.737. The maximum absolute atomic E-state index is 15.2. The minimum absolute atomic E-state index is 0.0705. The maximum atomic E-state index is 15.2. The van der Waals surface area contributed by atoms with Crippen molar-refractivity contribution in [2.24, 2.45) is 16.2 Å². The van der Waals surface area contributed by atoms with E-state index in [0.29, 0.717) is 12.8 Å². The number of unbranched alkanes of at least 4 members (excludes halogenated alkanes) is 9. The monoisotopic (exact) mass is 1750 g/mol. The number of allylic oxidation sites excluding steroid dienone is 1. The Bertz CT molecular complexity index is 3480. The molecular weight excluding hydrogens is 1620 g/mol. The van der Waals surface area contributed by atoms with Crippen molar-refractivity contribution in [3.8, 4) is 0 Å². The van der Waals surface area contributed by atoms with Crippen molar-refractivity contribution >= 4 is 119 Å². The molecule has 0 aromatic carbocycles. The Morgan fingerprint density at radius 2 is 0.950 bits per heavy atom. The number of aliphatic carboxylic acids is 1. The first-order valence-electron chi connectivity index (χ1n) is 39.8. The summed E-state index contributed by atoms with van der Waals surface area (Å²) in [5, 5.41) is 83.7. The highest BCUT2D eigenvalue weighted by Crippen LogP contribution is 2.19. The second-order valence-electron chi connectivity index (χ2n) is 31.7. The van der Waals surface area contributed by atoms with Crippen molar-refractivity contribution in [2.75, 3.05) is 79.7 Å². The van der Waals surface area contributed by atoms with E-state index in [2.05, 4.69) is 65.4 Å². The van der Waals surface area contributed by atoms with E-state index < -0.39 is 280 Å². The SMILES string of the molecule is C/C=C1/NC(=O)[C@H]([C@H](C)O)NC(=O)[C@H](CCNC(=O)OCOC(=O)C(C)(C)C)NC(=O)[C@H](CCCCNC(=O)OCOC(=O)C(C)(C)C)NC(=O)[C@H](CC(=O)NCCN(C)C)NC(=O)[C@@H](CCNC(=O)OCOC(=O)C(C)(C)C)NC(=O)[C@@H](NC(=O)C[C@@H](O)CCCCCCCCCCC)COC(=O)[C@H]([C@H](O)CCl)NC(=O)[C@H](C(O)C(=O)O)NC1=O. The number of ether oxygens (including phenoxy) is 7. The zero-order valence-corrected chi connectivity index (χ0v) is 72.1. The van der Waals surface area contributed by atoms with Gasteiger partial charge in [0, 0.05) is 32.7 Å². The van der Waals surface area contributed by atoms with Crippen LogP contribution in [-0.4, -0.2) is 290 Å². The third-order valence-corrected chi connectivity index (χ3v) is 17.9. The van der Waals surface area contributed by atoms with Crippen LogP contribution in [0.5, 0.6) is 0 Å². The molecule has 0 saturated carbocycles. The molecule has 1 saturated heterocycles. The number of halogens is 1. The molecule has 45 heteroatoms. The number of hydrogen-bond acceptors (Lipinski definition) is 30. The Hall–Kier alpha value is -10.3. The maximum Gasteiger partial charge on any atom is 0.410 e. The second-order valence-corrected chi connectivity index (χ2v) is 32.0. The number of carbonyl (C=O) groups excluding carboxylic acids is 17. The molecule has 0 radical (unpaired) electrons. The van der Waals surface area contributed by atoms with Gasteiger partial charge >= 0.3 is 48.1 Å². The number of carboxylic acids is 1. The summed E-state index contributed by atoms with van der Waals surface area (Å²) < 4.78 is 35.2. The topological polar surface area (TPSA) is 633 Å². The van der Waals surface area contributed by atoms with Gasteiger partial charge in [0.15, 0.2) is 12.1 Å². The minimum Gasteiger partial charge on any atom is -0.479 e. The molecule has 12 atom stereocenters. The van der Waals surface area contributed by atoms with Gasteiger partial charge in [-0.2, -0.15) is 0 Å². The molecule has 1 aliphatic heterocycles. The summed E-state index contributed by atoms with van der Waals surface area (Å²) in [5.41, 5.74) is -3.96. The van der Waals surface area contributed by atoms with Crippen molar-refractivity contribution < 1.29 is 145 Å². The number of likely N-dealkylation sites (N-methyl/N-ethyl adjacent to an activating group) is 1. The Balaban J connectivity index is 4.61. The van der Waals surface area contributed by atoms with Crippen LogP contribution in [0.4, 0.5) is 14.4 Å². The lowest BCUT2D eigenvalue weighted by atomic mass is 9.97. The van der Waals surface area contributed by atoms with E-state index in [1.807, 2.05) is 10.6 Å². The van der Waals surface area contributed by atoms with Crippen molar-refractivity contribution in [2.45, 2.75) is 265 Å². The van der Waals surface area contributed by atoms with E-state index >= 15 is 14.4 Å². The molecule has 18 N–H and O–H groups in total. The Kier molecular flexibility index (Phi) is 50.6. The number of rotatable bonds is 40. The lowest BCUT2D eigenvalue weighted by Gasteiger charge is -2.29. The van der Waals surface area contributed by atoms with Gasteiger partial charge in [-0.3, -0.25) is 62.3 Å². The molecular formula is C76H127ClN14O30. The average Bonchev–Trinajstić information content (AvgIpc) is 0.847. The number of alkyl carbamates (subject to hydrolysis) is 3. The van der Waals surface area contributed by atoms with Crippen molar-refractivity contribution in [3.05, 3.63) is 11.8 Å². The number of amides is 13. The molecule has 0 aromatic heterocycles. The summed E-state index contributed by atoms with van der Waals surface area (Å²) in [6.45, 7) is 12.4. The number of carboxylic acid groups (broad SMARTS) is 1. The van der Waals surface area contributed by atoms with Crippen LogP contribution >= 0.6 is 11.6 Å². The highest BCUT2D eigenvalue weighted by Gasteiger charge is 2.42. The second kappa shape index (κ2) is 56.3. The molecule has 1 unspecified atom stereocenters. The molecule has 0 aliphatic carbocycles. The largest absolute Gasteiger partial charge is 0.479 e. The third-order valence-electron chi connectivity index (χ3n) is 17.6. The third kappa shape index (κ3) is 45.2. The van der Waals surface area contributed by atoms with Crippen LogP contribution in [0.3, 0.4) is 0 Å². The molecule has 688 valence electrons. The molecule has 13 amide bonds. The molecule has 44 nitrogen and oxygen atoms in total. The fourth-order valence-corrected chi connectivity index (χ4v) is 10.6. The van der Waals surface area contributed by atoms with Crippen LogP contribution in [-0.2, 0) is 105 Å². The summed E-state index contributed by atoms with van der Waals surface area (Å²) >= 11 is 5.98. The number of aliphatic hydroxyl groups excluding tert-OH is 4. The normalized spacial score (nSPS) is 20.6. The number of cyclic esters (lactones) is 1. The fourth-order valence-electron chi connectivity index (χ4n) is 10.4. The summed E-state index contributed by atoms with van der Waals surface area (Å²) in [6, 6.07) is -17.7. The van der Waals surface area contributed by atoms with E-state index in [1.165, 1.54) is 41.5 Å². The summed E-state index contributed by atoms with van der Waals surface area (Å²) in [5.74, 6) is -21.0. The van der Waals surface area contributed by atoms with Crippen LogP contribution in [0.15, 0.2) is 11.8 Å². The number of alkyl halides is 1. The highest BCUT2D eigenvalue weighted by atomic mass is 35.5. The van der Waals surface area contributed by atoms with Gasteiger partial charge in [-0.25, -0.2) is 24.0 Å². The first-order chi connectivity index (χ1) is 56.6. The number of hydrogen-bond donors (Lipinski definition) is 18. The quantitative estimate of drug-likeness (QED) is 0.00818. The molecule has 0 aromatic rings. The van der Waals surface area contributed by atoms with Crippen molar-refractivity contribution in [1.29, 1.82) is 0 Å². The summed E-state index contributed by atoms with van der Waals surface area (Å²) in [7, 11) is 3.32. The lowest BCUT2D eigenvalue weighted by Crippen LogP contribution is -2.62. The summed E-state index contributed by atoms with van der Waals surface area (Å²) in [4.78, 5) is 250. The van der Waals surface area contributed by atoms with Crippen LogP contribution in [0.1, 0.15) is 192 Å². The molecule has 1 rings (SSSR count).